The van der Waals surface area contributed by atoms with Crippen molar-refractivity contribution in [3.63, 3.8) is 0 Å². The largest absolute Gasteiger partial charge is 0.388 e. The van der Waals surface area contributed by atoms with Crippen LogP contribution in [0.2, 0.25) is 0 Å². The lowest BCUT2D eigenvalue weighted by Crippen LogP contribution is -2.50. The number of aliphatic hydroxyl groups is 2. The number of ether oxygens (including phenoxy) is 2. The minimum Gasteiger partial charge on any atom is -0.388 e. The third kappa shape index (κ3) is 9.21. The van der Waals surface area contributed by atoms with Gasteiger partial charge in [-0.1, -0.05) is 26.0 Å². The number of hydrogen-bond acceptors (Lipinski definition) is 7. The Bertz CT molecular complexity index is 758. The Labute approximate surface area is 196 Å². The third-order valence-corrected chi connectivity index (χ3v) is 5.50. The lowest BCUT2D eigenvalue weighted by molar-refractivity contribution is -0.139. The second kappa shape index (κ2) is 14.0. The second-order valence-corrected chi connectivity index (χ2v) is 8.61. The van der Waals surface area contributed by atoms with Crippen molar-refractivity contribution < 1.29 is 29.3 Å². The molecule has 0 bridgehead atoms. The van der Waals surface area contributed by atoms with Crippen molar-refractivity contribution in [3.05, 3.63) is 42.2 Å². The Morgan fingerprint density at radius 1 is 1.18 bits per heavy atom. The summed E-state index contributed by atoms with van der Waals surface area (Å²) in [6.45, 7) is 7.14. The number of aromatic nitrogens is 1. The highest BCUT2D eigenvalue weighted by Crippen LogP contribution is 2.12. The van der Waals surface area contributed by atoms with Crippen LogP contribution in [0.5, 0.6) is 0 Å². The van der Waals surface area contributed by atoms with Crippen LogP contribution in [-0.4, -0.2) is 101 Å². The molecule has 0 radical (unpaired) electrons. The molecule has 1 aromatic heterocycles. The van der Waals surface area contributed by atoms with Gasteiger partial charge in [-0.25, -0.2) is 0 Å². The van der Waals surface area contributed by atoms with Gasteiger partial charge in [-0.3, -0.25) is 14.6 Å². The summed E-state index contributed by atoms with van der Waals surface area (Å²) in [6.07, 6.45) is 4.33. The zero-order valence-corrected chi connectivity index (χ0v) is 19.8. The van der Waals surface area contributed by atoms with Crippen molar-refractivity contribution in [2.75, 3.05) is 46.0 Å². The van der Waals surface area contributed by atoms with Crippen molar-refractivity contribution in [1.29, 1.82) is 0 Å². The quantitative estimate of drug-likeness (QED) is 0.629. The van der Waals surface area contributed by atoms with Crippen LogP contribution in [0.3, 0.4) is 0 Å². The predicted molar refractivity (Wildman–Crippen MR) is 124 cm³/mol. The first-order valence-electron chi connectivity index (χ1n) is 11.4. The molecule has 0 saturated carbocycles. The summed E-state index contributed by atoms with van der Waals surface area (Å²) in [4.78, 5) is 32.5. The summed E-state index contributed by atoms with van der Waals surface area (Å²) in [5.74, 6) is 0.0421. The monoisotopic (exact) mass is 463 g/mol. The molecule has 9 heteroatoms. The molecule has 1 aliphatic rings. The van der Waals surface area contributed by atoms with Crippen LogP contribution in [0.4, 0.5) is 0 Å². The van der Waals surface area contributed by atoms with E-state index in [2.05, 4.69) is 18.8 Å². The smallest absolute Gasteiger partial charge is 0.254 e. The Kier molecular flexibility index (Phi) is 11.5. The SMILES string of the molecule is CC(=O)N1CCN(C(=O)c2ccncc2)C/C=C/COC[C@@H](O)[C@@H](O)[C@H](OCCC(C)C)C1. The third-order valence-electron chi connectivity index (χ3n) is 5.50. The molecule has 0 spiro atoms. The number of rotatable bonds is 5. The normalized spacial score (nSPS) is 24.4. The van der Waals surface area contributed by atoms with E-state index in [1.54, 1.807) is 40.4 Å². The molecule has 2 amide bonds. The van der Waals surface area contributed by atoms with E-state index in [1.165, 1.54) is 6.92 Å². The van der Waals surface area contributed by atoms with Crippen LogP contribution in [-0.2, 0) is 14.3 Å². The number of nitrogens with zero attached hydrogens (tertiary/aromatic N) is 3. The van der Waals surface area contributed by atoms with Gasteiger partial charge in [0.25, 0.3) is 5.91 Å². The van der Waals surface area contributed by atoms with Crippen molar-refractivity contribution in [1.82, 2.24) is 14.8 Å². The molecule has 3 atom stereocenters. The van der Waals surface area contributed by atoms with Gasteiger partial charge in [-0.05, 0) is 24.5 Å². The van der Waals surface area contributed by atoms with Gasteiger partial charge in [0, 0.05) is 57.7 Å². The number of hydrogen-bond donors (Lipinski definition) is 2. The Morgan fingerprint density at radius 3 is 2.55 bits per heavy atom. The number of carbonyl (C=O) groups is 2. The van der Waals surface area contributed by atoms with E-state index < -0.39 is 18.3 Å². The molecule has 0 aromatic carbocycles. The molecule has 9 nitrogen and oxygen atoms in total. The summed E-state index contributed by atoms with van der Waals surface area (Å²) >= 11 is 0. The zero-order valence-electron chi connectivity index (χ0n) is 19.8. The van der Waals surface area contributed by atoms with Crippen LogP contribution in [0.25, 0.3) is 0 Å². The first-order chi connectivity index (χ1) is 15.8. The van der Waals surface area contributed by atoms with Gasteiger partial charge >= 0.3 is 0 Å². The van der Waals surface area contributed by atoms with Crippen LogP contribution in [0, 0.1) is 5.92 Å². The molecule has 33 heavy (non-hydrogen) atoms. The van der Waals surface area contributed by atoms with E-state index in [9.17, 15) is 19.8 Å². The first-order valence-corrected chi connectivity index (χ1v) is 11.4. The van der Waals surface area contributed by atoms with E-state index >= 15 is 0 Å². The van der Waals surface area contributed by atoms with Crippen LogP contribution >= 0.6 is 0 Å². The molecule has 2 heterocycles. The second-order valence-electron chi connectivity index (χ2n) is 8.61. The van der Waals surface area contributed by atoms with Gasteiger partial charge in [0.2, 0.25) is 5.91 Å². The van der Waals surface area contributed by atoms with Gasteiger partial charge in [-0.2, -0.15) is 0 Å². The van der Waals surface area contributed by atoms with Crippen molar-refractivity contribution in [2.24, 2.45) is 5.92 Å². The van der Waals surface area contributed by atoms with E-state index in [0.29, 0.717) is 31.2 Å². The Hall–Kier alpha value is -2.33. The molecule has 0 saturated heterocycles. The van der Waals surface area contributed by atoms with E-state index in [1.807, 2.05) is 6.08 Å². The van der Waals surface area contributed by atoms with Gasteiger partial charge < -0.3 is 29.5 Å². The van der Waals surface area contributed by atoms with E-state index in [-0.39, 0.29) is 38.1 Å². The summed E-state index contributed by atoms with van der Waals surface area (Å²) < 4.78 is 11.4. The summed E-state index contributed by atoms with van der Waals surface area (Å²) in [5, 5.41) is 21.1. The van der Waals surface area contributed by atoms with Crippen LogP contribution in [0.1, 0.15) is 37.6 Å². The molecule has 2 N–H and O–H groups in total. The fraction of sp³-hybridized carbons (Fsp3) is 0.625. The highest BCUT2D eigenvalue weighted by atomic mass is 16.5. The maximum Gasteiger partial charge on any atom is 0.254 e. The lowest BCUT2D eigenvalue weighted by atomic mass is 10.1. The average molecular weight is 464 g/mol. The summed E-state index contributed by atoms with van der Waals surface area (Å²) in [6, 6.07) is 3.30. The number of aliphatic hydroxyl groups excluding tert-OH is 2. The maximum absolute atomic E-state index is 13.0. The van der Waals surface area contributed by atoms with Gasteiger partial charge in [-0.15, -0.1) is 0 Å². The van der Waals surface area contributed by atoms with Crippen LogP contribution in [0.15, 0.2) is 36.7 Å². The standard InChI is InChI=1S/C24H37N3O6/c1-18(2)8-15-33-22-16-27(19(3)28)13-12-26(24(31)20-6-9-25-10-7-20)11-4-5-14-32-17-21(29)23(22)30/h4-7,9-10,18,21-23,29-30H,8,11-17H2,1-3H3/b5-4+/t21-,22-,23-/m1/s1. The lowest BCUT2D eigenvalue weighted by Gasteiger charge is -2.33. The topological polar surface area (TPSA) is 112 Å². The summed E-state index contributed by atoms with van der Waals surface area (Å²) in [5.41, 5.74) is 0.513. The summed E-state index contributed by atoms with van der Waals surface area (Å²) in [7, 11) is 0. The predicted octanol–water partition coefficient (Wildman–Crippen LogP) is 1.11. The Balaban J connectivity index is 2.21. The minimum atomic E-state index is -1.22. The number of amides is 2. The number of carbonyl (C=O) groups excluding carboxylic acids is 2. The van der Waals surface area contributed by atoms with Crippen molar-refractivity contribution >= 4 is 11.8 Å². The molecule has 0 fully saturated rings. The van der Waals surface area contributed by atoms with Gasteiger partial charge in [0.15, 0.2) is 0 Å². The molecular formula is C24H37N3O6. The highest BCUT2D eigenvalue weighted by molar-refractivity contribution is 5.94. The minimum absolute atomic E-state index is 0.0741. The first kappa shape index (κ1) is 26.9. The van der Waals surface area contributed by atoms with E-state index in [0.717, 1.165) is 6.42 Å². The van der Waals surface area contributed by atoms with E-state index in [4.69, 9.17) is 9.47 Å². The fourth-order valence-corrected chi connectivity index (χ4v) is 3.38. The Morgan fingerprint density at radius 2 is 1.88 bits per heavy atom. The average Bonchev–Trinajstić information content (AvgIpc) is 2.79. The maximum atomic E-state index is 13.0. The van der Waals surface area contributed by atoms with Crippen LogP contribution < -0.4 is 0 Å². The van der Waals surface area contributed by atoms with Crippen molar-refractivity contribution in [2.45, 2.75) is 45.5 Å². The van der Waals surface area contributed by atoms with Crippen molar-refractivity contribution in [3.8, 4) is 0 Å². The molecular weight excluding hydrogens is 426 g/mol. The highest BCUT2D eigenvalue weighted by Gasteiger charge is 2.30. The molecule has 1 aromatic rings. The molecule has 2 rings (SSSR count). The molecule has 184 valence electrons. The fourth-order valence-electron chi connectivity index (χ4n) is 3.38. The van der Waals surface area contributed by atoms with Gasteiger partial charge in [0.05, 0.1) is 13.2 Å². The zero-order chi connectivity index (χ0) is 24.2. The molecule has 1 aliphatic heterocycles. The number of pyridine rings is 1. The molecule has 0 aliphatic carbocycles. The molecule has 0 unspecified atom stereocenters. The van der Waals surface area contributed by atoms with Gasteiger partial charge in [0.1, 0.15) is 18.3 Å².